The molecule has 120 valence electrons. The lowest BCUT2D eigenvalue weighted by atomic mass is 9.75. The number of carbonyl (C=O) groups is 1. The van der Waals surface area contributed by atoms with Crippen LogP contribution in [0, 0.1) is 17.8 Å². The molecule has 0 aromatic heterocycles. The van der Waals surface area contributed by atoms with Crippen LogP contribution in [0.2, 0.25) is 0 Å². The van der Waals surface area contributed by atoms with Crippen molar-refractivity contribution in [2.24, 2.45) is 15.6 Å². The molecule has 0 aromatic rings. The second-order valence-electron chi connectivity index (χ2n) is 6.87. The molecule has 2 aliphatic heterocycles. The lowest BCUT2D eigenvalue weighted by Gasteiger charge is -2.39. The van der Waals surface area contributed by atoms with E-state index in [0.29, 0.717) is 25.3 Å². The lowest BCUT2D eigenvalue weighted by Crippen LogP contribution is -2.47. The van der Waals surface area contributed by atoms with Gasteiger partial charge in [-0.25, -0.2) is 0 Å². The molecule has 0 radical (unpaired) electrons. The van der Waals surface area contributed by atoms with Crippen LogP contribution < -0.4 is 5.32 Å². The van der Waals surface area contributed by atoms with Crippen molar-refractivity contribution in [2.75, 3.05) is 13.2 Å². The van der Waals surface area contributed by atoms with Crippen molar-refractivity contribution >= 4 is 5.91 Å². The molecular weight excluding hydrogens is 278 g/mol. The topological polar surface area (TPSA) is 63.0 Å². The Morgan fingerprint density at radius 2 is 2.05 bits per heavy atom. The van der Waals surface area contributed by atoms with E-state index in [4.69, 9.17) is 11.2 Å². The van der Waals surface area contributed by atoms with Crippen LogP contribution in [-0.2, 0) is 9.53 Å². The number of carbonyl (C=O) groups excluding carboxylic acids is 1. The SMILES string of the molecule is C#CCCC1(CCC(=O)NC2CCCC23CCOCC3)N=N1. The highest BCUT2D eigenvalue weighted by molar-refractivity contribution is 5.76. The fourth-order valence-corrected chi connectivity index (χ4v) is 3.99. The van der Waals surface area contributed by atoms with E-state index in [9.17, 15) is 4.79 Å². The number of nitrogens with one attached hydrogen (secondary N) is 1. The summed E-state index contributed by atoms with van der Waals surface area (Å²) in [5.74, 6) is 2.75. The minimum atomic E-state index is -0.351. The fraction of sp³-hybridized carbons (Fsp3) is 0.824. The highest BCUT2D eigenvalue weighted by Gasteiger charge is 2.45. The summed E-state index contributed by atoms with van der Waals surface area (Å²) >= 11 is 0. The van der Waals surface area contributed by atoms with Crippen LogP contribution >= 0.6 is 0 Å². The number of hydrogen-bond donors (Lipinski definition) is 1. The molecule has 1 N–H and O–H groups in total. The van der Waals surface area contributed by atoms with Gasteiger partial charge in [-0.1, -0.05) is 6.42 Å². The maximum atomic E-state index is 12.3. The Balaban J connectivity index is 1.46. The predicted octanol–water partition coefficient (Wildman–Crippen LogP) is 2.81. The molecule has 2 heterocycles. The maximum absolute atomic E-state index is 12.3. The fourth-order valence-electron chi connectivity index (χ4n) is 3.99. The highest BCUT2D eigenvalue weighted by atomic mass is 16.5. The molecule has 1 amide bonds. The van der Waals surface area contributed by atoms with Gasteiger partial charge >= 0.3 is 0 Å². The van der Waals surface area contributed by atoms with Gasteiger partial charge in [0, 0.05) is 44.9 Å². The summed E-state index contributed by atoms with van der Waals surface area (Å²) in [6.45, 7) is 1.67. The third-order valence-electron chi connectivity index (χ3n) is 5.54. The average Bonchev–Trinajstić information content (AvgIpc) is 3.23. The van der Waals surface area contributed by atoms with Gasteiger partial charge in [-0.05, 0) is 31.1 Å². The van der Waals surface area contributed by atoms with E-state index in [1.54, 1.807) is 0 Å². The van der Waals surface area contributed by atoms with Crippen LogP contribution in [0.4, 0.5) is 0 Å². The Morgan fingerprint density at radius 3 is 2.73 bits per heavy atom. The molecule has 1 unspecified atom stereocenters. The number of rotatable bonds is 6. The van der Waals surface area contributed by atoms with Crippen LogP contribution in [0.15, 0.2) is 10.2 Å². The number of terminal acetylenes is 1. The van der Waals surface area contributed by atoms with E-state index >= 15 is 0 Å². The Kier molecular flexibility index (Phi) is 4.49. The second-order valence-corrected chi connectivity index (χ2v) is 6.87. The zero-order valence-corrected chi connectivity index (χ0v) is 13.1. The quantitative estimate of drug-likeness (QED) is 0.767. The van der Waals surface area contributed by atoms with Crippen LogP contribution in [-0.4, -0.2) is 30.8 Å². The van der Waals surface area contributed by atoms with Crippen LogP contribution in [0.5, 0.6) is 0 Å². The molecule has 1 saturated heterocycles. The largest absolute Gasteiger partial charge is 0.381 e. The average molecular weight is 303 g/mol. The van der Waals surface area contributed by atoms with Crippen molar-refractivity contribution in [3.63, 3.8) is 0 Å². The third kappa shape index (κ3) is 3.33. The highest BCUT2D eigenvalue weighted by Crippen LogP contribution is 2.46. The van der Waals surface area contributed by atoms with Gasteiger partial charge in [-0.2, -0.15) is 10.2 Å². The first-order chi connectivity index (χ1) is 10.7. The zero-order valence-electron chi connectivity index (χ0n) is 13.1. The summed E-state index contributed by atoms with van der Waals surface area (Å²) < 4.78 is 5.49. The smallest absolute Gasteiger partial charge is 0.220 e. The van der Waals surface area contributed by atoms with Gasteiger partial charge in [0.05, 0.1) is 0 Å². The maximum Gasteiger partial charge on any atom is 0.220 e. The summed E-state index contributed by atoms with van der Waals surface area (Å²) in [6, 6.07) is 0.318. The molecular formula is C17H25N3O2. The van der Waals surface area contributed by atoms with E-state index in [2.05, 4.69) is 21.5 Å². The third-order valence-corrected chi connectivity index (χ3v) is 5.54. The molecule has 3 rings (SSSR count). The molecule has 1 atom stereocenters. The standard InChI is InChI=1S/C17H25N3O2/c1-2-3-8-17(19-20-17)9-6-15(21)18-14-5-4-7-16(14)10-12-22-13-11-16/h1,14H,3-13H2,(H,18,21). The van der Waals surface area contributed by atoms with Crippen molar-refractivity contribution in [3.05, 3.63) is 0 Å². The van der Waals surface area contributed by atoms with Crippen molar-refractivity contribution in [1.29, 1.82) is 0 Å². The van der Waals surface area contributed by atoms with Crippen molar-refractivity contribution in [1.82, 2.24) is 5.32 Å². The van der Waals surface area contributed by atoms with Gasteiger partial charge in [0.25, 0.3) is 0 Å². The number of amides is 1. The van der Waals surface area contributed by atoms with Gasteiger partial charge in [0.2, 0.25) is 5.91 Å². The van der Waals surface area contributed by atoms with E-state index < -0.39 is 0 Å². The zero-order chi connectivity index (χ0) is 15.5. The normalized spacial score (nSPS) is 27.5. The number of nitrogens with zero attached hydrogens (tertiary/aromatic N) is 2. The number of hydrogen-bond acceptors (Lipinski definition) is 4. The predicted molar refractivity (Wildman–Crippen MR) is 83.2 cm³/mol. The number of ether oxygens (including phenoxy) is 1. The van der Waals surface area contributed by atoms with Gasteiger partial charge in [-0.3, -0.25) is 4.79 Å². The molecule has 22 heavy (non-hydrogen) atoms. The van der Waals surface area contributed by atoms with Crippen LogP contribution in [0.1, 0.15) is 57.8 Å². The van der Waals surface area contributed by atoms with Gasteiger partial charge in [-0.15, -0.1) is 12.3 Å². The summed E-state index contributed by atoms with van der Waals surface area (Å²) in [5, 5.41) is 11.5. The van der Waals surface area contributed by atoms with Crippen molar-refractivity contribution < 1.29 is 9.53 Å². The lowest BCUT2D eigenvalue weighted by molar-refractivity contribution is -0.123. The van der Waals surface area contributed by atoms with Gasteiger partial charge < -0.3 is 10.1 Å². The molecule has 3 aliphatic rings. The van der Waals surface area contributed by atoms with E-state index in [1.807, 2.05) is 0 Å². The van der Waals surface area contributed by atoms with Crippen molar-refractivity contribution in [2.45, 2.75) is 69.5 Å². The molecule has 2 fully saturated rings. The Bertz CT molecular complexity index is 483. The van der Waals surface area contributed by atoms with Gasteiger partial charge in [0.1, 0.15) is 0 Å². The van der Waals surface area contributed by atoms with E-state index in [0.717, 1.165) is 38.9 Å². The molecule has 1 spiro atoms. The van der Waals surface area contributed by atoms with Crippen LogP contribution in [0.3, 0.4) is 0 Å². The van der Waals surface area contributed by atoms with Gasteiger partial charge in [0.15, 0.2) is 5.66 Å². The molecule has 5 heteroatoms. The minimum Gasteiger partial charge on any atom is -0.381 e. The first-order valence-electron chi connectivity index (χ1n) is 8.43. The molecule has 1 saturated carbocycles. The molecule has 0 aromatic carbocycles. The summed E-state index contributed by atoms with van der Waals surface area (Å²) in [7, 11) is 0. The summed E-state index contributed by atoms with van der Waals surface area (Å²) in [6.07, 6.45) is 13.6. The first-order valence-corrected chi connectivity index (χ1v) is 8.43. The summed E-state index contributed by atoms with van der Waals surface area (Å²) in [5.41, 5.74) is -0.0703. The van der Waals surface area contributed by atoms with Crippen molar-refractivity contribution in [3.8, 4) is 12.3 Å². The van der Waals surface area contributed by atoms with E-state index in [1.165, 1.54) is 12.8 Å². The van der Waals surface area contributed by atoms with Crippen LogP contribution in [0.25, 0.3) is 0 Å². The second kappa shape index (κ2) is 6.37. The monoisotopic (exact) mass is 303 g/mol. The first kappa shape index (κ1) is 15.5. The minimum absolute atomic E-state index is 0.134. The molecule has 0 bridgehead atoms. The molecule has 5 nitrogen and oxygen atoms in total. The Labute approximate surface area is 132 Å². The summed E-state index contributed by atoms with van der Waals surface area (Å²) in [4.78, 5) is 12.3. The molecule has 1 aliphatic carbocycles. The Hall–Kier alpha value is -1.41. The Morgan fingerprint density at radius 1 is 1.27 bits per heavy atom. The van der Waals surface area contributed by atoms with E-state index in [-0.39, 0.29) is 17.0 Å².